The topological polar surface area (TPSA) is 658 Å². The highest BCUT2D eigenvalue weighted by Crippen LogP contribution is 2.52. The second-order valence-corrected chi connectivity index (χ2v) is 31.7. The summed E-state index contributed by atoms with van der Waals surface area (Å²) in [5.41, 5.74) is 9.80. The Morgan fingerprint density at radius 3 is 1.06 bits per heavy atom. The SMILES string of the molecule is CN(CCS(=O)(=O)c1ccc(N=Nc2c(S(=O)(=O)O)cc3cc(SOOO)c(N=Nc4ccc(SC#COOS(=O)(=O)O)cc4)c(O)c3c2N)cc1)CCS(=O)(=O)c1ccc(N=Nc2c(S(=O)(=O)O)cc3cc(SOOO)c(N=Nc4ccc(SC#COOS(=O)(=O)O)cc4)c(O)c3c2N)cc1.O.O. The Morgan fingerprint density at radius 1 is 0.452 bits per heavy atom. The number of nitrogen functional groups attached to an aromatic ring is 2. The molecule has 0 radical (unpaired) electrons. The van der Waals surface area contributed by atoms with Gasteiger partial charge in [-0.1, -0.05) is 10.1 Å². The number of thioether (sulfide) groups is 2. The molecule has 0 aliphatic carbocycles. The summed E-state index contributed by atoms with van der Waals surface area (Å²) in [5, 5.41) is 84.2. The van der Waals surface area contributed by atoms with Crippen LogP contribution in [-0.4, -0.2) is 137 Å². The molecule has 0 bridgehead atoms. The highest BCUT2D eigenvalue weighted by molar-refractivity contribution is 8.04. The van der Waals surface area contributed by atoms with Crippen molar-refractivity contribution in [3.05, 3.63) is 121 Å². The number of benzene rings is 8. The molecule has 554 valence electrons. The molecule has 0 amide bonds. The molecule has 0 spiro atoms. The zero-order valence-corrected chi connectivity index (χ0v) is 59.5. The highest BCUT2D eigenvalue weighted by atomic mass is 32.3. The van der Waals surface area contributed by atoms with Crippen molar-refractivity contribution in [1.82, 2.24) is 4.90 Å². The minimum Gasteiger partial charge on any atom is -0.505 e. The number of hydrogen-bond donors (Lipinski definition) is 10. The number of aromatic hydroxyl groups is 2. The standard InChI is InChI=1S/C53H43N11O28S10.2H2O/c1-64(18-24-97(69,70)38-14-6-34(7-15-38)58-62-50-42(99(73,74)75)28-30-26-40(95-89-87-67)48(52(65)44(30)46(50)54)60-56-32-2-10-36(11-3-32)93-22-20-85-91-101(79,80)81)19-25-98(71,72)39-16-8-35(9-17-39)59-63-51-43(100(76,77)78)29-31-27-41(96-90-88-68)49(53(66)45(31)47(51)55)61-57-33-4-12-37(13-5-33)94-23-21-86-92-102(82,83)84;;/h2-17,26-29,65-68H,18-19,24-25,54-55H2,1H3,(H,73,74,75)(H,76,77,78)(H,79,80,81)(H,82,83,84);2*1H2. The van der Waals surface area contributed by atoms with Gasteiger partial charge in [-0.05, 0) is 171 Å². The van der Waals surface area contributed by atoms with E-state index in [2.05, 4.69) is 88.6 Å². The second-order valence-electron chi connectivity index (χ2n) is 19.5. The van der Waals surface area contributed by atoms with Gasteiger partial charge in [-0.15, -0.1) is 29.1 Å². The van der Waals surface area contributed by atoms with Crippen LogP contribution < -0.4 is 11.5 Å². The number of anilines is 2. The summed E-state index contributed by atoms with van der Waals surface area (Å²) in [6, 6.07) is 25.3. The molecule has 104 heavy (non-hydrogen) atoms. The Bertz CT molecular complexity index is 5160. The van der Waals surface area contributed by atoms with Gasteiger partial charge in [0, 0.05) is 33.4 Å². The molecule has 41 nitrogen and oxygen atoms in total. The van der Waals surface area contributed by atoms with Crippen molar-refractivity contribution in [3.8, 4) is 34.2 Å². The summed E-state index contributed by atoms with van der Waals surface area (Å²) < 4.78 is 201. The number of fused-ring (bicyclic) bond motifs is 2. The third-order valence-electron chi connectivity index (χ3n) is 12.8. The second kappa shape index (κ2) is 36.2. The zero-order chi connectivity index (χ0) is 74.4. The molecule has 8 aromatic carbocycles. The lowest BCUT2D eigenvalue weighted by molar-refractivity contribution is -0.432. The van der Waals surface area contributed by atoms with Crippen LogP contribution in [0, 0.1) is 22.7 Å². The fraction of sp³-hybridized carbons (Fsp3) is 0.0943. The number of phenolic OH excluding ortho intramolecular Hbond substituents is 2. The molecule has 8 aromatic rings. The lowest BCUT2D eigenvalue weighted by Gasteiger charge is -2.16. The fourth-order valence-electron chi connectivity index (χ4n) is 8.29. The molecule has 0 saturated carbocycles. The van der Waals surface area contributed by atoms with Crippen LogP contribution in [0.1, 0.15) is 0 Å². The van der Waals surface area contributed by atoms with Gasteiger partial charge in [0.25, 0.3) is 20.2 Å². The van der Waals surface area contributed by atoms with Gasteiger partial charge in [-0.2, -0.15) is 54.1 Å². The van der Waals surface area contributed by atoms with Crippen LogP contribution in [0.25, 0.3) is 21.5 Å². The quantitative estimate of drug-likeness (QED) is 0.00292. The largest absolute Gasteiger partial charge is 0.505 e. The Hall–Kier alpha value is -8.90. The lowest BCUT2D eigenvalue weighted by atomic mass is 10.1. The monoisotopic (exact) mass is 1640 g/mol. The van der Waals surface area contributed by atoms with Crippen LogP contribution in [0.4, 0.5) is 56.9 Å². The number of hydrogen-bond acceptors (Lipinski definition) is 39. The molecular formula is C53H47N11O30S10. The predicted octanol–water partition coefficient (Wildman–Crippen LogP) is 9.63. The number of sulfone groups is 2. The maximum atomic E-state index is 13.5. The molecule has 0 aliphatic heterocycles. The van der Waals surface area contributed by atoms with Crippen LogP contribution in [0.3, 0.4) is 0 Å². The molecule has 16 N–H and O–H groups in total. The predicted molar refractivity (Wildman–Crippen MR) is 367 cm³/mol. The highest BCUT2D eigenvalue weighted by Gasteiger charge is 2.28. The molecule has 0 saturated heterocycles. The molecular weight excluding hydrogens is 1590 g/mol. The minimum atomic E-state index is -5.17. The number of nitrogens with zero attached hydrogens (tertiary/aromatic N) is 9. The van der Waals surface area contributed by atoms with Crippen molar-refractivity contribution in [1.29, 1.82) is 0 Å². The van der Waals surface area contributed by atoms with Crippen LogP contribution in [0.15, 0.2) is 201 Å². The summed E-state index contributed by atoms with van der Waals surface area (Å²) in [6.45, 7) is -0.345. The third-order valence-corrected chi connectivity index (χ3v) is 21.1. The zero-order valence-electron chi connectivity index (χ0n) is 51.4. The molecule has 0 atom stereocenters. The van der Waals surface area contributed by atoms with E-state index in [1.54, 1.807) is 0 Å². The van der Waals surface area contributed by atoms with E-state index >= 15 is 0 Å². The Labute approximate surface area is 603 Å². The van der Waals surface area contributed by atoms with Crippen LogP contribution in [-0.2, 0) is 97.9 Å². The molecule has 51 heteroatoms. The Morgan fingerprint density at radius 2 is 0.760 bits per heavy atom. The Balaban J connectivity index is 0.00000849. The van der Waals surface area contributed by atoms with Crippen LogP contribution >= 0.6 is 47.6 Å². The number of phenols is 2. The summed E-state index contributed by atoms with van der Waals surface area (Å²) in [7, 11) is -26.8. The minimum absolute atomic E-state index is 0. The lowest BCUT2D eigenvalue weighted by Crippen LogP contribution is -2.30. The van der Waals surface area contributed by atoms with E-state index in [1.165, 1.54) is 96.9 Å². The number of rotatable bonds is 30. The number of nitrogens with two attached hydrogens (primary N) is 2. The summed E-state index contributed by atoms with van der Waals surface area (Å²) in [4.78, 5) is 7.95. The Kier molecular flexibility index (Phi) is 29.3. The fourth-order valence-corrected chi connectivity index (χ4v) is 14.5. The molecule has 0 aliphatic rings. The average molecular weight is 1640 g/mol. The van der Waals surface area contributed by atoms with Gasteiger partial charge in [0.05, 0.1) is 100 Å². The van der Waals surface area contributed by atoms with Gasteiger partial charge in [0.2, 0.25) is 0 Å². The maximum Gasteiger partial charge on any atom is 0.433 e. The molecule has 0 unspecified atom stereocenters. The van der Waals surface area contributed by atoms with E-state index in [0.717, 1.165) is 59.9 Å². The molecule has 0 aromatic heterocycles. The summed E-state index contributed by atoms with van der Waals surface area (Å²) in [6.07, 6.45) is 3.76. The first-order valence-corrected chi connectivity index (χ1v) is 38.8. The van der Waals surface area contributed by atoms with Gasteiger partial charge in [-0.3, -0.25) is 28.0 Å². The van der Waals surface area contributed by atoms with Gasteiger partial charge < -0.3 is 37.5 Å². The summed E-state index contributed by atoms with van der Waals surface area (Å²) >= 11 is 2.26. The van der Waals surface area contributed by atoms with Gasteiger partial charge in [0.1, 0.15) is 32.5 Å². The number of azo groups is 4. The van der Waals surface area contributed by atoms with Gasteiger partial charge in [-0.25, -0.2) is 27.4 Å². The van der Waals surface area contributed by atoms with Crippen molar-refractivity contribution in [2.24, 2.45) is 40.9 Å². The average Bonchev–Trinajstić information content (AvgIpc) is 0.754. The van der Waals surface area contributed by atoms with Crippen molar-refractivity contribution < 1.29 is 138 Å². The first-order valence-electron chi connectivity index (χ1n) is 26.7. The first kappa shape index (κ1) is 84.0. The smallest absolute Gasteiger partial charge is 0.433 e. The summed E-state index contributed by atoms with van der Waals surface area (Å²) in [5.74, 6) is -2.53. The van der Waals surface area contributed by atoms with E-state index in [4.69, 9.17) is 31.1 Å². The van der Waals surface area contributed by atoms with E-state index in [0.29, 0.717) is 9.79 Å². The van der Waals surface area contributed by atoms with Crippen molar-refractivity contribution >= 4 is 187 Å². The van der Waals surface area contributed by atoms with Gasteiger partial charge >= 0.3 is 20.8 Å². The molecule has 0 fully saturated rings. The first-order chi connectivity index (χ1) is 48.0. The van der Waals surface area contributed by atoms with Crippen LogP contribution in [0.2, 0.25) is 0 Å². The van der Waals surface area contributed by atoms with E-state index in [1.807, 2.05) is 12.2 Å². The normalized spacial score (nSPS) is 12.4. The van der Waals surface area contributed by atoms with Crippen molar-refractivity contribution in [2.45, 2.75) is 39.2 Å². The van der Waals surface area contributed by atoms with Crippen molar-refractivity contribution in [2.75, 3.05) is 43.1 Å². The molecule has 8 rings (SSSR count). The van der Waals surface area contributed by atoms with Crippen LogP contribution in [0.5, 0.6) is 11.5 Å². The third kappa shape index (κ3) is 23.0. The molecule has 0 heterocycles. The van der Waals surface area contributed by atoms with E-state index < -0.39 is 116 Å². The van der Waals surface area contributed by atoms with Gasteiger partial charge in [0.15, 0.2) is 43.4 Å². The van der Waals surface area contributed by atoms with E-state index in [-0.39, 0.29) is 123 Å². The van der Waals surface area contributed by atoms with E-state index in [9.17, 15) is 69.8 Å². The van der Waals surface area contributed by atoms with Crippen molar-refractivity contribution in [3.63, 3.8) is 0 Å². The maximum absolute atomic E-state index is 13.5.